The highest BCUT2D eigenvalue weighted by atomic mass is 35.5. The van der Waals surface area contributed by atoms with Crippen molar-refractivity contribution in [1.29, 1.82) is 0 Å². The van der Waals surface area contributed by atoms with Crippen LogP contribution in [0.1, 0.15) is 4.88 Å². The van der Waals surface area contributed by atoms with Gasteiger partial charge in [-0.25, -0.2) is 9.37 Å². The first-order chi connectivity index (χ1) is 15.0. The molecule has 4 rings (SSSR count). The number of benzene rings is 2. The zero-order valence-corrected chi connectivity index (χ0v) is 18.6. The summed E-state index contributed by atoms with van der Waals surface area (Å²) >= 11 is 8.58. The van der Waals surface area contributed by atoms with Crippen LogP contribution in [0.4, 0.5) is 10.1 Å². The number of anilines is 1. The third-order valence-corrected chi connectivity index (χ3v) is 6.73. The van der Waals surface area contributed by atoms with Crippen LogP contribution in [0.15, 0.2) is 69.9 Å². The molecule has 5 nitrogen and oxygen atoms in total. The van der Waals surface area contributed by atoms with Gasteiger partial charge in [0.2, 0.25) is 5.91 Å². The van der Waals surface area contributed by atoms with Crippen LogP contribution in [0.3, 0.4) is 0 Å². The molecular weight excluding hydrogens is 457 g/mol. The standard InChI is InChI=1S/C22H17ClFN3O2S2/c23-17-12-14(7-8-18(17)24)25-20(28)13-31-22-26-19-6-2-1-5-16(19)21(29)27(22)10-9-15-4-3-11-30-15/h1-8,11-12H,9-10,13H2,(H,25,28). The first kappa shape index (κ1) is 21.5. The molecule has 0 spiro atoms. The highest BCUT2D eigenvalue weighted by Gasteiger charge is 2.14. The second-order valence-electron chi connectivity index (χ2n) is 6.66. The van der Waals surface area contributed by atoms with Crippen LogP contribution in [0.2, 0.25) is 5.02 Å². The number of carbonyl (C=O) groups excluding carboxylic acids is 1. The maximum Gasteiger partial charge on any atom is 0.262 e. The van der Waals surface area contributed by atoms with Crippen LogP contribution in [0, 0.1) is 5.82 Å². The van der Waals surface area contributed by atoms with E-state index in [1.54, 1.807) is 28.0 Å². The fourth-order valence-electron chi connectivity index (χ4n) is 3.03. The minimum absolute atomic E-state index is 0.0405. The zero-order valence-electron chi connectivity index (χ0n) is 16.2. The highest BCUT2D eigenvalue weighted by Crippen LogP contribution is 2.22. The van der Waals surface area contributed by atoms with Crippen LogP contribution < -0.4 is 10.9 Å². The Kier molecular flexibility index (Phi) is 6.70. The molecular formula is C22H17ClFN3O2S2. The van der Waals surface area contributed by atoms with Crippen molar-refractivity contribution in [2.75, 3.05) is 11.1 Å². The fourth-order valence-corrected chi connectivity index (χ4v) is 4.74. The number of thiophene rings is 1. The van der Waals surface area contributed by atoms with E-state index in [0.717, 1.165) is 0 Å². The number of aryl methyl sites for hydroxylation is 1. The van der Waals surface area contributed by atoms with Crippen molar-refractivity contribution in [1.82, 2.24) is 9.55 Å². The molecule has 0 unspecified atom stereocenters. The molecule has 1 N–H and O–H groups in total. The van der Waals surface area contributed by atoms with Crippen LogP contribution in [0.25, 0.3) is 10.9 Å². The van der Waals surface area contributed by atoms with E-state index in [1.165, 1.54) is 34.8 Å². The molecule has 0 aliphatic heterocycles. The molecule has 0 fully saturated rings. The Morgan fingerprint density at radius 2 is 2.03 bits per heavy atom. The predicted octanol–water partition coefficient (Wildman–Crippen LogP) is 5.22. The smallest absolute Gasteiger partial charge is 0.262 e. The molecule has 158 valence electrons. The largest absolute Gasteiger partial charge is 0.325 e. The molecule has 0 bridgehead atoms. The third-order valence-electron chi connectivity index (χ3n) is 4.52. The average molecular weight is 474 g/mol. The SMILES string of the molecule is O=C(CSc1nc2ccccc2c(=O)n1CCc1cccs1)Nc1ccc(F)c(Cl)c1. The quantitative estimate of drug-likeness (QED) is 0.295. The molecule has 2 aromatic carbocycles. The summed E-state index contributed by atoms with van der Waals surface area (Å²) in [4.78, 5) is 31.3. The Balaban J connectivity index is 1.54. The van der Waals surface area contributed by atoms with Crippen molar-refractivity contribution >= 4 is 57.2 Å². The Labute approximate surface area is 190 Å². The Bertz CT molecular complexity index is 1290. The molecule has 0 aliphatic carbocycles. The number of fused-ring (bicyclic) bond motifs is 1. The normalized spacial score (nSPS) is 11.0. The predicted molar refractivity (Wildman–Crippen MR) is 125 cm³/mol. The van der Waals surface area contributed by atoms with E-state index in [9.17, 15) is 14.0 Å². The average Bonchev–Trinajstić information content (AvgIpc) is 3.28. The van der Waals surface area contributed by atoms with Gasteiger partial charge >= 0.3 is 0 Å². The number of para-hydroxylation sites is 1. The van der Waals surface area contributed by atoms with Gasteiger partial charge in [0.25, 0.3) is 5.56 Å². The molecule has 0 saturated heterocycles. The van der Waals surface area contributed by atoms with Crippen molar-refractivity contribution in [2.45, 2.75) is 18.1 Å². The first-order valence-corrected chi connectivity index (χ1v) is 11.7. The lowest BCUT2D eigenvalue weighted by atomic mass is 10.2. The number of aromatic nitrogens is 2. The maximum absolute atomic E-state index is 13.3. The van der Waals surface area contributed by atoms with Crippen LogP contribution in [-0.4, -0.2) is 21.2 Å². The van der Waals surface area contributed by atoms with Crippen molar-refractivity contribution in [3.63, 3.8) is 0 Å². The van der Waals surface area contributed by atoms with Gasteiger partial charge in [-0.15, -0.1) is 11.3 Å². The molecule has 0 aliphatic rings. The maximum atomic E-state index is 13.3. The number of nitrogens with zero attached hydrogens (tertiary/aromatic N) is 2. The second-order valence-corrected chi connectivity index (χ2v) is 9.05. The van der Waals surface area contributed by atoms with Gasteiger partial charge in [-0.2, -0.15) is 0 Å². The lowest BCUT2D eigenvalue weighted by Crippen LogP contribution is -2.25. The van der Waals surface area contributed by atoms with Gasteiger partial charge in [0, 0.05) is 17.1 Å². The minimum atomic E-state index is -0.552. The lowest BCUT2D eigenvalue weighted by molar-refractivity contribution is -0.113. The molecule has 9 heteroatoms. The fraction of sp³-hybridized carbons (Fsp3) is 0.136. The van der Waals surface area contributed by atoms with Crippen molar-refractivity contribution in [3.05, 3.63) is 86.0 Å². The van der Waals surface area contributed by atoms with E-state index in [1.807, 2.05) is 29.6 Å². The number of hydrogen-bond donors (Lipinski definition) is 1. The molecule has 2 heterocycles. The number of halogens is 2. The van der Waals surface area contributed by atoms with Crippen molar-refractivity contribution in [2.24, 2.45) is 0 Å². The highest BCUT2D eigenvalue weighted by molar-refractivity contribution is 7.99. The van der Waals surface area contributed by atoms with Gasteiger partial charge < -0.3 is 5.32 Å². The number of nitrogens with one attached hydrogen (secondary N) is 1. The van der Waals surface area contributed by atoms with E-state index in [0.29, 0.717) is 34.7 Å². The van der Waals surface area contributed by atoms with E-state index < -0.39 is 5.82 Å². The number of hydrogen-bond acceptors (Lipinski definition) is 5. The zero-order chi connectivity index (χ0) is 21.8. The Morgan fingerprint density at radius 3 is 2.81 bits per heavy atom. The molecule has 4 aromatic rings. The monoisotopic (exact) mass is 473 g/mol. The number of carbonyl (C=O) groups is 1. The van der Waals surface area contributed by atoms with Gasteiger partial charge in [-0.3, -0.25) is 14.2 Å². The summed E-state index contributed by atoms with van der Waals surface area (Å²) < 4.78 is 14.9. The number of rotatable bonds is 7. The first-order valence-electron chi connectivity index (χ1n) is 9.41. The summed E-state index contributed by atoms with van der Waals surface area (Å²) in [7, 11) is 0. The van der Waals surface area contributed by atoms with E-state index in [-0.39, 0.29) is 22.2 Å². The summed E-state index contributed by atoms with van der Waals surface area (Å²) in [6.45, 7) is 0.467. The number of amides is 1. The summed E-state index contributed by atoms with van der Waals surface area (Å²) in [5.41, 5.74) is 0.863. The summed E-state index contributed by atoms with van der Waals surface area (Å²) in [6, 6.07) is 15.2. The molecule has 0 saturated carbocycles. The molecule has 31 heavy (non-hydrogen) atoms. The summed E-state index contributed by atoms with van der Waals surface area (Å²) in [6.07, 6.45) is 0.700. The molecule has 2 aromatic heterocycles. The van der Waals surface area contributed by atoms with Crippen LogP contribution >= 0.6 is 34.7 Å². The van der Waals surface area contributed by atoms with Gasteiger partial charge in [0.1, 0.15) is 5.82 Å². The molecule has 0 radical (unpaired) electrons. The van der Waals surface area contributed by atoms with Crippen molar-refractivity contribution < 1.29 is 9.18 Å². The van der Waals surface area contributed by atoms with E-state index in [4.69, 9.17) is 11.6 Å². The van der Waals surface area contributed by atoms with E-state index >= 15 is 0 Å². The minimum Gasteiger partial charge on any atom is -0.325 e. The second kappa shape index (κ2) is 9.64. The Morgan fingerprint density at radius 1 is 1.19 bits per heavy atom. The summed E-state index contributed by atoms with van der Waals surface area (Å²) in [5.74, 6) is -0.817. The molecule has 1 amide bonds. The van der Waals surface area contributed by atoms with Crippen LogP contribution in [-0.2, 0) is 17.8 Å². The summed E-state index contributed by atoms with van der Waals surface area (Å²) in [5, 5.41) is 5.64. The van der Waals surface area contributed by atoms with Gasteiger partial charge in [0.15, 0.2) is 5.16 Å². The molecule has 0 atom stereocenters. The van der Waals surface area contributed by atoms with Crippen molar-refractivity contribution in [3.8, 4) is 0 Å². The third kappa shape index (κ3) is 5.15. The van der Waals surface area contributed by atoms with E-state index in [2.05, 4.69) is 10.3 Å². The van der Waals surface area contributed by atoms with Gasteiger partial charge in [-0.05, 0) is 48.2 Å². The van der Waals surface area contributed by atoms with Crippen LogP contribution in [0.5, 0.6) is 0 Å². The topological polar surface area (TPSA) is 64.0 Å². The van der Waals surface area contributed by atoms with Gasteiger partial charge in [-0.1, -0.05) is 41.6 Å². The Hall–Kier alpha value is -2.68. The number of thioether (sulfide) groups is 1. The van der Waals surface area contributed by atoms with Gasteiger partial charge in [0.05, 0.1) is 21.7 Å². The lowest BCUT2D eigenvalue weighted by Gasteiger charge is -2.13.